The molecule has 0 saturated carbocycles. The first-order valence-corrected chi connectivity index (χ1v) is 3.01. The van der Waals surface area contributed by atoms with Gasteiger partial charge in [-0.1, -0.05) is 0 Å². The summed E-state index contributed by atoms with van der Waals surface area (Å²) >= 11 is 0. The number of nitrogens with one attached hydrogen (secondary N) is 1. The summed E-state index contributed by atoms with van der Waals surface area (Å²) in [5.74, 6) is 0. The zero-order valence-corrected chi connectivity index (χ0v) is 5.92. The summed E-state index contributed by atoms with van der Waals surface area (Å²) in [4.78, 5) is 26.7. The second-order valence-electron chi connectivity index (χ2n) is 2.07. The molecular formula is C7H6N2O2. The first kappa shape index (κ1) is 7.44. The lowest BCUT2D eigenvalue weighted by Gasteiger charge is -1.90. The zero-order valence-electron chi connectivity index (χ0n) is 5.92. The first-order chi connectivity index (χ1) is 5.24. The maximum atomic E-state index is 10.9. The van der Waals surface area contributed by atoms with Gasteiger partial charge in [0.25, 0.3) is 0 Å². The number of aromatic amines is 1. The minimum absolute atomic E-state index is 0.0885. The molecule has 0 amide bonds. The lowest BCUT2D eigenvalue weighted by Crippen LogP contribution is -1.99. The van der Waals surface area contributed by atoms with E-state index >= 15 is 0 Å². The molecule has 0 aliphatic heterocycles. The topological polar surface area (TPSA) is 62.3 Å². The normalized spacial score (nSPS) is 8.82. The van der Waals surface area contributed by atoms with Crippen LogP contribution in [0.4, 0.5) is 5.69 Å². The van der Waals surface area contributed by atoms with Gasteiger partial charge in [-0.05, 0) is 6.92 Å². The third kappa shape index (κ3) is 1.63. The molecule has 4 heteroatoms. The van der Waals surface area contributed by atoms with Crippen LogP contribution in [-0.4, -0.2) is 11.1 Å². The standard InChI is InChI=1S/C7H6N2O2/c1-5-2-7(11)6(3-8-5)9-4-10/h2-3H,1H3,(H,8,11). The fourth-order valence-corrected chi connectivity index (χ4v) is 0.702. The summed E-state index contributed by atoms with van der Waals surface area (Å²) in [5, 5.41) is 0. The number of aliphatic imine (C=N–C) groups is 1. The van der Waals surface area contributed by atoms with Gasteiger partial charge in [0.15, 0.2) is 0 Å². The van der Waals surface area contributed by atoms with Crippen molar-refractivity contribution < 1.29 is 4.79 Å². The minimum atomic E-state index is -0.274. The van der Waals surface area contributed by atoms with Crippen molar-refractivity contribution in [1.29, 1.82) is 0 Å². The molecule has 1 rings (SSSR count). The van der Waals surface area contributed by atoms with Crippen LogP contribution in [-0.2, 0) is 4.79 Å². The molecule has 11 heavy (non-hydrogen) atoms. The van der Waals surface area contributed by atoms with Crippen molar-refractivity contribution in [1.82, 2.24) is 4.98 Å². The van der Waals surface area contributed by atoms with Crippen LogP contribution < -0.4 is 5.43 Å². The molecule has 1 aromatic rings. The number of hydrogen-bond donors (Lipinski definition) is 1. The third-order valence-corrected chi connectivity index (χ3v) is 1.20. The molecule has 1 N–H and O–H groups in total. The lowest BCUT2D eigenvalue weighted by atomic mass is 10.3. The second-order valence-corrected chi connectivity index (χ2v) is 2.07. The molecule has 0 atom stereocenters. The number of carbonyl (C=O) groups excluding carboxylic acids is 1. The van der Waals surface area contributed by atoms with Crippen molar-refractivity contribution in [2.24, 2.45) is 4.99 Å². The summed E-state index contributed by atoms with van der Waals surface area (Å²) < 4.78 is 0. The average molecular weight is 150 g/mol. The van der Waals surface area contributed by atoms with Crippen LogP contribution in [0.1, 0.15) is 5.69 Å². The van der Waals surface area contributed by atoms with Crippen molar-refractivity contribution in [3.63, 3.8) is 0 Å². The van der Waals surface area contributed by atoms with E-state index in [-0.39, 0.29) is 11.1 Å². The number of nitrogens with zero attached hydrogens (tertiary/aromatic N) is 1. The van der Waals surface area contributed by atoms with E-state index in [2.05, 4.69) is 9.98 Å². The molecule has 0 fully saturated rings. The maximum Gasteiger partial charge on any atom is 0.240 e. The van der Waals surface area contributed by atoms with E-state index in [1.807, 2.05) is 0 Å². The van der Waals surface area contributed by atoms with Gasteiger partial charge in [0.2, 0.25) is 11.5 Å². The number of H-pyrrole nitrogens is 1. The Balaban J connectivity index is 3.31. The molecule has 0 aliphatic carbocycles. The van der Waals surface area contributed by atoms with Gasteiger partial charge in [0.1, 0.15) is 5.69 Å². The summed E-state index contributed by atoms with van der Waals surface area (Å²) in [5.41, 5.74) is 0.551. The van der Waals surface area contributed by atoms with Crippen LogP contribution in [0.3, 0.4) is 0 Å². The molecule has 56 valence electrons. The van der Waals surface area contributed by atoms with Crippen LogP contribution in [0.5, 0.6) is 0 Å². The van der Waals surface area contributed by atoms with Gasteiger partial charge in [-0.15, -0.1) is 0 Å². The Morgan fingerprint density at radius 2 is 2.36 bits per heavy atom. The molecule has 0 saturated heterocycles. The maximum absolute atomic E-state index is 10.9. The number of aromatic nitrogens is 1. The lowest BCUT2D eigenvalue weighted by molar-refractivity contribution is 0.565. The van der Waals surface area contributed by atoms with Gasteiger partial charge in [0.05, 0.1) is 0 Å². The summed E-state index contributed by atoms with van der Waals surface area (Å²) in [6.07, 6.45) is 2.68. The predicted molar refractivity (Wildman–Crippen MR) is 39.6 cm³/mol. The largest absolute Gasteiger partial charge is 0.363 e. The van der Waals surface area contributed by atoms with Crippen LogP contribution in [0, 0.1) is 6.92 Å². The fraction of sp³-hybridized carbons (Fsp3) is 0.143. The average Bonchev–Trinajstić information content (AvgIpc) is 1.95. The van der Waals surface area contributed by atoms with Gasteiger partial charge in [-0.25, -0.2) is 4.79 Å². The highest BCUT2D eigenvalue weighted by atomic mass is 16.1. The molecular weight excluding hydrogens is 144 g/mol. The first-order valence-electron chi connectivity index (χ1n) is 3.01. The molecule has 0 aromatic carbocycles. The van der Waals surface area contributed by atoms with Gasteiger partial charge < -0.3 is 4.98 Å². The van der Waals surface area contributed by atoms with E-state index in [0.717, 1.165) is 5.69 Å². The molecule has 0 spiro atoms. The quantitative estimate of drug-likeness (QED) is 0.472. The van der Waals surface area contributed by atoms with E-state index in [1.54, 1.807) is 6.92 Å². The summed E-state index contributed by atoms with van der Waals surface area (Å²) in [7, 11) is 0. The number of rotatable bonds is 1. The highest BCUT2D eigenvalue weighted by Gasteiger charge is 1.94. The van der Waals surface area contributed by atoms with Gasteiger partial charge >= 0.3 is 0 Å². The molecule has 1 aromatic heterocycles. The molecule has 0 unspecified atom stereocenters. The molecule has 4 nitrogen and oxygen atoms in total. The van der Waals surface area contributed by atoms with Crippen molar-refractivity contribution in [2.75, 3.05) is 0 Å². The van der Waals surface area contributed by atoms with Crippen molar-refractivity contribution >= 4 is 11.8 Å². The van der Waals surface area contributed by atoms with Crippen molar-refractivity contribution in [3.8, 4) is 0 Å². The Hall–Kier alpha value is -1.67. The fourth-order valence-electron chi connectivity index (χ4n) is 0.702. The van der Waals surface area contributed by atoms with E-state index in [1.165, 1.54) is 18.3 Å². The van der Waals surface area contributed by atoms with Gasteiger partial charge in [0, 0.05) is 18.0 Å². The predicted octanol–water partition coefficient (Wildman–Crippen LogP) is 0.651. The number of isocyanates is 1. The highest BCUT2D eigenvalue weighted by Crippen LogP contribution is 2.00. The number of hydrogen-bond acceptors (Lipinski definition) is 3. The molecule has 1 heterocycles. The number of pyridine rings is 1. The van der Waals surface area contributed by atoms with Gasteiger partial charge in [-0.2, -0.15) is 4.99 Å². The number of aryl methyl sites for hydroxylation is 1. The van der Waals surface area contributed by atoms with Gasteiger partial charge in [-0.3, -0.25) is 4.79 Å². The second kappa shape index (κ2) is 2.94. The van der Waals surface area contributed by atoms with E-state index < -0.39 is 0 Å². The van der Waals surface area contributed by atoms with Crippen LogP contribution in [0.15, 0.2) is 22.1 Å². The Morgan fingerprint density at radius 3 is 2.91 bits per heavy atom. The Bertz CT molecular complexity index is 361. The molecule has 0 bridgehead atoms. The highest BCUT2D eigenvalue weighted by molar-refractivity contribution is 5.47. The third-order valence-electron chi connectivity index (χ3n) is 1.20. The summed E-state index contributed by atoms with van der Waals surface area (Å²) in [6.45, 7) is 1.75. The van der Waals surface area contributed by atoms with E-state index in [4.69, 9.17) is 0 Å². The smallest absolute Gasteiger partial charge is 0.240 e. The summed E-state index contributed by atoms with van der Waals surface area (Å²) in [6, 6.07) is 1.37. The Labute approximate surface area is 62.6 Å². The van der Waals surface area contributed by atoms with Crippen molar-refractivity contribution in [3.05, 3.63) is 28.2 Å². The zero-order chi connectivity index (χ0) is 8.27. The molecule has 0 radical (unpaired) electrons. The monoisotopic (exact) mass is 150 g/mol. The Kier molecular flexibility index (Phi) is 1.99. The molecule has 0 aliphatic rings. The van der Waals surface area contributed by atoms with Crippen molar-refractivity contribution in [2.45, 2.75) is 6.92 Å². The van der Waals surface area contributed by atoms with Crippen LogP contribution >= 0.6 is 0 Å². The van der Waals surface area contributed by atoms with E-state index in [0.29, 0.717) is 0 Å². The van der Waals surface area contributed by atoms with Crippen LogP contribution in [0.2, 0.25) is 0 Å². The van der Waals surface area contributed by atoms with Crippen LogP contribution in [0.25, 0.3) is 0 Å². The SMILES string of the molecule is Cc1cc(=O)c(N=C=O)c[nH]1. The minimum Gasteiger partial charge on any atom is -0.363 e. The van der Waals surface area contributed by atoms with E-state index in [9.17, 15) is 9.59 Å². The Morgan fingerprint density at radius 1 is 1.64 bits per heavy atom.